The Morgan fingerprint density at radius 2 is 2.32 bits per heavy atom. The van der Waals surface area contributed by atoms with E-state index in [9.17, 15) is 4.79 Å². The van der Waals surface area contributed by atoms with E-state index >= 15 is 0 Å². The van der Waals surface area contributed by atoms with Gasteiger partial charge in [0.2, 0.25) is 0 Å². The minimum atomic E-state index is -0.506. The Kier molecular flexibility index (Phi) is 6.68. The second kappa shape index (κ2) is 8.32. The van der Waals surface area contributed by atoms with Gasteiger partial charge in [0, 0.05) is 6.54 Å². The summed E-state index contributed by atoms with van der Waals surface area (Å²) in [7, 11) is 1.38. The maximum atomic E-state index is 11.8. The van der Waals surface area contributed by atoms with E-state index < -0.39 is 6.04 Å². The molecule has 0 aliphatic rings. The summed E-state index contributed by atoms with van der Waals surface area (Å²) in [6.07, 6.45) is 2.65. The minimum Gasteiger partial charge on any atom is -0.494 e. The predicted octanol–water partition coefficient (Wildman–Crippen LogP) is 2.47. The molecule has 0 radical (unpaired) electrons. The molecule has 1 unspecified atom stereocenters. The quantitative estimate of drug-likeness (QED) is 0.578. The number of methoxy groups -OCH3 is 1. The van der Waals surface area contributed by atoms with Crippen molar-refractivity contribution < 1.29 is 14.3 Å². The van der Waals surface area contributed by atoms with Gasteiger partial charge in [-0.2, -0.15) is 0 Å². The Morgan fingerprint density at radius 3 is 2.95 bits per heavy atom. The maximum Gasteiger partial charge on any atom is 0.327 e. The molecule has 0 aromatic heterocycles. The zero-order valence-corrected chi connectivity index (χ0v) is 11.5. The van der Waals surface area contributed by atoms with Gasteiger partial charge in [0.05, 0.1) is 13.7 Å². The van der Waals surface area contributed by atoms with Crippen molar-refractivity contribution in [3.8, 4) is 5.75 Å². The number of benzene rings is 1. The second-order valence-electron chi connectivity index (χ2n) is 4.07. The van der Waals surface area contributed by atoms with Crippen LogP contribution in [-0.4, -0.2) is 26.2 Å². The molecule has 19 heavy (non-hydrogen) atoms. The van der Waals surface area contributed by atoms with E-state index in [2.05, 4.69) is 11.9 Å². The zero-order chi connectivity index (χ0) is 14.1. The molecule has 1 aromatic rings. The first-order valence-corrected chi connectivity index (χ1v) is 6.37. The third-order valence-corrected chi connectivity index (χ3v) is 2.57. The van der Waals surface area contributed by atoms with Crippen LogP contribution in [-0.2, 0) is 9.53 Å². The van der Waals surface area contributed by atoms with Crippen LogP contribution in [0.1, 0.15) is 24.9 Å². The molecule has 4 heteroatoms. The van der Waals surface area contributed by atoms with Crippen molar-refractivity contribution in [2.75, 3.05) is 20.3 Å². The summed E-state index contributed by atoms with van der Waals surface area (Å²) in [6, 6.07) is 6.96. The van der Waals surface area contributed by atoms with Crippen molar-refractivity contribution in [1.29, 1.82) is 0 Å². The molecule has 0 spiro atoms. The highest BCUT2D eigenvalue weighted by Gasteiger charge is 2.20. The van der Waals surface area contributed by atoms with E-state index in [1.807, 2.05) is 31.2 Å². The standard InChI is InChI=1S/C15H21NO3/c1-4-9-16-14(15(17)18-3)12-7-6-8-13(11-12)19-10-5-2/h4,6-8,11,14,16H,1,5,9-10H2,2-3H3. The van der Waals surface area contributed by atoms with Crippen LogP contribution in [0.15, 0.2) is 36.9 Å². The molecule has 0 saturated heterocycles. The highest BCUT2D eigenvalue weighted by Crippen LogP contribution is 2.20. The lowest BCUT2D eigenvalue weighted by atomic mass is 10.1. The fourth-order valence-corrected chi connectivity index (χ4v) is 1.66. The van der Waals surface area contributed by atoms with Crippen LogP contribution in [0.4, 0.5) is 0 Å². The molecule has 0 aliphatic carbocycles. The van der Waals surface area contributed by atoms with Crippen molar-refractivity contribution in [2.24, 2.45) is 0 Å². The Labute approximate surface area is 114 Å². The molecule has 1 atom stereocenters. The Bertz CT molecular complexity index is 418. The first-order chi connectivity index (χ1) is 9.22. The molecular weight excluding hydrogens is 242 g/mol. The van der Waals surface area contributed by atoms with E-state index in [1.165, 1.54) is 7.11 Å². The monoisotopic (exact) mass is 263 g/mol. The molecule has 0 aliphatic heterocycles. The van der Waals surface area contributed by atoms with Crippen LogP contribution in [0.2, 0.25) is 0 Å². The molecule has 0 saturated carbocycles. The highest BCUT2D eigenvalue weighted by atomic mass is 16.5. The van der Waals surface area contributed by atoms with Gasteiger partial charge in [-0.25, -0.2) is 4.79 Å². The molecule has 1 rings (SSSR count). The van der Waals surface area contributed by atoms with Crippen molar-refractivity contribution in [2.45, 2.75) is 19.4 Å². The number of esters is 1. The Hall–Kier alpha value is -1.81. The first-order valence-electron chi connectivity index (χ1n) is 6.37. The van der Waals surface area contributed by atoms with Crippen LogP contribution in [0, 0.1) is 0 Å². The normalized spacial score (nSPS) is 11.7. The van der Waals surface area contributed by atoms with Crippen molar-refractivity contribution >= 4 is 5.97 Å². The zero-order valence-electron chi connectivity index (χ0n) is 11.5. The Balaban J connectivity index is 2.87. The first kappa shape index (κ1) is 15.2. The van der Waals surface area contributed by atoms with Crippen LogP contribution < -0.4 is 10.1 Å². The second-order valence-corrected chi connectivity index (χ2v) is 4.07. The summed E-state index contributed by atoms with van der Waals surface area (Å²) < 4.78 is 10.4. The van der Waals surface area contributed by atoms with Gasteiger partial charge in [-0.05, 0) is 24.1 Å². The van der Waals surface area contributed by atoms with Crippen LogP contribution in [0.5, 0.6) is 5.75 Å². The molecule has 0 amide bonds. The topological polar surface area (TPSA) is 47.6 Å². The van der Waals surface area contributed by atoms with Crippen LogP contribution in [0.3, 0.4) is 0 Å². The van der Waals surface area contributed by atoms with E-state index in [0.29, 0.717) is 13.2 Å². The van der Waals surface area contributed by atoms with Gasteiger partial charge < -0.3 is 9.47 Å². The van der Waals surface area contributed by atoms with E-state index in [1.54, 1.807) is 6.08 Å². The van der Waals surface area contributed by atoms with E-state index in [0.717, 1.165) is 17.7 Å². The summed E-state index contributed by atoms with van der Waals surface area (Å²) in [5.74, 6) is 0.433. The molecule has 104 valence electrons. The summed E-state index contributed by atoms with van der Waals surface area (Å²) in [5, 5.41) is 3.07. The van der Waals surface area contributed by atoms with Gasteiger partial charge in [-0.3, -0.25) is 5.32 Å². The van der Waals surface area contributed by atoms with Gasteiger partial charge in [0.25, 0.3) is 0 Å². The van der Waals surface area contributed by atoms with Gasteiger partial charge in [-0.1, -0.05) is 25.1 Å². The number of carbonyl (C=O) groups is 1. The SMILES string of the molecule is C=CCNC(C(=O)OC)c1cccc(OCCC)c1. The summed E-state index contributed by atoms with van der Waals surface area (Å²) >= 11 is 0. The lowest BCUT2D eigenvalue weighted by Gasteiger charge is -2.16. The Morgan fingerprint density at radius 1 is 1.53 bits per heavy atom. The number of nitrogens with one attached hydrogen (secondary N) is 1. The van der Waals surface area contributed by atoms with Crippen molar-refractivity contribution in [3.63, 3.8) is 0 Å². The summed E-state index contributed by atoms with van der Waals surface area (Å²) in [4.78, 5) is 11.8. The summed E-state index contributed by atoms with van der Waals surface area (Å²) in [5.41, 5.74) is 0.822. The molecule has 1 N–H and O–H groups in total. The average molecular weight is 263 g/mol. The van der Waals surface area contributed by atoms with Crippen molar-refractivity contribution in [3.05, 3.63) is 42.5 Å². The summed E-state index contributed by atoms with van der Waals surface area (Å²) in [6.45, 7) is 6.87. The molecule has 0 heterocycles. The van der Waals surface area contributed by atoms with Gasteiger partial charge in [-0.15, -0.1) is 6.58 Å². The van der Waals surface area contributed by atoms with Crippen LogP contribution >= 0.6 is 0 Å². The number of carbonyl (C=O) groups excluding carboxylic acids is 1. The number of rotatable bonds is 8. The molecule has 0 fully saturated rings. The number of hydrogen-bond acceptors (Lipinski definition) is 4. The average Bonchev–Trinajstić information content (AvgIpc) is 2.45. The lowest BCUT2D eigenvalue weighted by molar-refractivity contribution is -0.143. The maximum absolute atomic E-state index is 11.8. The molecular formula is C15H21NO3. The van der Waals surface area contributed by atoms with Crippen LogP contribution in [0.25, 0.3) is 0 Å². The third-order valence-electron chi connectivity index (χ3n) is 2.57. The smallest absolute Gasteiger partial charge is 0.327 e. The largest absolute Gasteiger partial charge is 0.494 e. The number of ether oxygens (including phenoxy) is 2. The van der Waals surface area contributed by atoms with E-state index in [4.69, 9.17) is 9.47 Å². The van der Waals surface area contributed by atoms with Gasteiger partial charge in [0.15, 0.2) is 0 Å². The minimum absolute atomic E-state index is 0.325. The fourth-order valence-electron chi connectivity index (χ4n) is 1.66. The fraction of sp³-hybridized carbons (Fsp3) is 0.400. The molecule has 0 bridgehead atoms. The highest BCUT2D eigenvalue weighted by molar-refractivity contribution is 5.77. The van der Waals surface area contributed by atoms with Gasteiger partial charge in [0.1, 0.15) is 11.8 Å². The lowest BCUT2D eigenvalue weighted by Crippen LogP contribution is -2.29. The predicted molar refractivity (Wildman–Crippen MR) is 75.2 cm³/mol. The van der Waals surface area contributed by atoms with Crippen molar-refractivity contribution in [1.82, 2.24) is 5.32 Å². The third kappa shape index (κ3) is 4.75. The van der Waals surface area contributed by atoms with E-state index in [-0.39, 0.29) is 5.97 Å². The molecule has 1 aromatic carbocycles. The number of hydrogen-bond donors (Lipinski definition) is 1. The molecule has 4 nitrogen and oxygen atoms in total. The van der Waals surface area contributed by atoms with Gasteiger partial charge >= 0.3 is 5.97 Å².